The predicted molar refractivity (Wildman–Crippen MR) is 94.2 cm³/mol. The van der Waals surface area contributed by atoms with Gasteiger partial charge in [-0.25, -0.2) is 0 Å². The maximum atomic E-state index is 12.0. The Labute approximate surface area is 138 Å². The summed E-state index contributed by atoms with van der Waals surface area (Å²) in [5, 5.41) is 1.75. The molecule has 4 heteroatoms. The topological polar surface area (TPSA) is 23.1 Å². The molecular formula is C15H12BrIOS. The van der Waals surface area contributed by atoms with Crippen LogP contribution < -0.4 is 0 Å². The van der Waals surface area contributed by atoms with Gasteiger partial charge in [-0.2, -0.15) is 0 Å². The number of hydrogen-bond donors (Lipinski definition) is 0. The van der Waals surface area contributed by atoms with Crippen molar-refractivity contribution < 1.29 is 4.55 Å². The molecule has 2 rings (SSSR count). The highest BCUT2D eigenvalue weighted by Crippen LogP contribution is 2.14. The minimum atomic E-state index is -0.978. The Kier molecular flexibility index (Phi) is 5.94. The molecule has 0 N–H and O–H groups in total. The fourth-order valence-electron chi connectivity index (χ4n) is 1.52. The minimum absolute atomic E-state index is 0.559. The highest BCUT2D eigenvalue weighted by molar-refractivity contribution is 14.1. The summed E-state index contributed by atoms with van der Waals surface area (Å²) in [6.07, 6.45) is 1.90. The van der Waals surface area contributed by atoms with Crippen LogP contribution in [0.2, 0.25) is 0 Å². The second kappa shape index (κ2) is 7.47. The van der Waals surface area contributed by atoms with Crippen LogP contribution in [0, 0.1) is 3.57 Å². The van der Waals surface area contributed by atoms with E-state index < -0.39 is 11.2 Å². The van der Waals surface area contributed by atoms with E-state index >= 15 is 0 Å². The third-order valence-electron chi connectivity index (χ3n) is 2.50. The summed E-state index contributed by atoms with van der Waals surface area (Å²) in [6.45, 7) is 0. The lowest BCUT2D eigenvalue weighted by Gasteiger charge is -2.05. The SMILES string of the molecule is [O-][S+](C=Cc1ccc(Br)cc1)Cc1ccc(I)cc1. The average Bonchev–Trinajstić information content (AvgIpc) is 2.41. The Bertz CT molecular complexity index is 551. The summed E-state index contributed by atoms with van der Waals surface area (Å²) in [5.74, 6) is 0.559. The van der Waals surface area contributed by atoms with E-state index in [1.54, 1.807) is 5.41 Å². The maximum absolute atomic E-state index is 12.0. The van der Waals surface area contributed by atoms with E-state index in [0.717, 1.165) is 15.6 Å². The van der Waals surface area contributed by atoms with Crippen LogP contribution in [0.5, 0.6) is 0 Å². The molecule has 2 aromatic rings. The Morgan fingerprint density at radius 3 is 2.32 bits per heavy atom. The molecular weight excluding hydrogens is 435 g/mol. The molecule has 0 saturated carbocycles. The molecule has 98 valence electrons. The van der Waals surface area contributed by atoms with Gasteiger partial charge in [0.2, 0.25) is 0 Å². The molecule has 0 fully saturated rings. The van der Waals surface area contributed by atoms with Crippen molar-refractivity contribution in [2.75, 3.05) is 0 Å². The number of halogens is 2. The third kappa shape index (κ3) is 5.30. The van der Waals surface area contributed by atoms with Crippen molar-refractivity contribution in [3.05, 3.63) is 73.1 Å². The van der Waals surface area contributed by atoms with Crippen LogP contribution >= 0.6 is 38.5 Å². The molecule has 0 aromatic heterocycles. The lowest BCUT2D eigenvalue weighted by Crippen LogP contribution is -1.99. The van der Waals surface area contributed by atoms with Crippen molar-refractivity contribution in [3.63, 3.8) is 0 Å². The average molecular weight is 447 g/mol. The summed E-state index contributed by atoms with van der Waals surface area (Å²) < 4.78 is 14.2. The van der Waals surface area contributed by atoms with Gasteiger partial charge in [0.05, 0.1) is 0 Å². The quantitative estimate of drug-likeness (QED) is 0.480. The first-order chi connectivity index (χ1) is 9.13. The monoisotopic (exact) mass is 446 g/mol. The number of hydrogen-bond acceptors (Lipinski definition) is 1. The summed E-state index contributed by atoms with van der Waals surface area (Å²) in [7, 11) is 0. The summed E-state index contributed by atoms with van der Waals surface area (Å²) >= 11 is 4.68. The molecule has 19 heavy (non-hydrogen) atoms. The summed E-state index contributed by atoms with van der Waals surface area (Å²) in [6, 6.07) is 16.0. The molecule has 2 aromatic carbocycles. The van der Waals surface area contributed by atoms with Crippen LogP contribution in [-0.4, -0.2) is 4.55 Å². The first-order valence-corrected chi connectivity index (χ1v) is 8.94. The molecule has 1 atom stereocenters. The van der Waals surface area contributed by atoms with Gasteiger partial charge in [-0.1, -0.05) is 40.2 Å². The molecule has 0 amide bonds. The lowest BCUT2D eigenvalue weighted by atomic mass is 10.2. The van der Waals surface area contributed by atoms with Crippen LogP contribution in [0.25, 0.3) is 6.08 Å². The highest BCUT2D eigenvalue weighted by atomic mass is 127. The fourth-order valence-corrected chi connectivity index (χ4v) is 3.07. The second-order valence-corrected chi connectivity index (χ2v) is 7.49. The van der Waals surface area contributed by atoms with E-state index in [9.17, 15) is 4.55 Å². The molecule has 0 aliphatic carbocycles. The number of rotatable bonds is 4. The molecule has 0 heterocycles. The second-order valence-electron chi connectivity index (χ2n) is 4.01. The molecule has 0 spiro atoms. The lowest BCUT2D eigenvalue weighted by molar-refractivity contribution is 0.603. The van der Waals surface area contributed by atoms with E-state index in [0.29, 0.717) is 5.75 Å². The predicted octanol–water partition coefficient (Wildman–Crippen LogP) is 4.97. The van der Waals surface area contributed by atoms with Gasteiger partial charge in [0.25, 0.3) is 0 Å². The van der Waals surface area contributed by atoms with Crippen molar-refractivity contribution in [1.82, 2.24) is 0 Å². The van der Waals surface area contributed by atoms with Gasteiger partial charge in [0.15, 0.2) is 0 Å². The Balaban J connectivity index is 1.95. The van der Waals surface area contributed by atoms with Crippen molar-refractivity contribution >= 4 is 55.8 Å². The van der Waals surface area contributed by atoms with Gasteiger partial charge in [-0.05, 0) is 69.7 Å². The van der Waals surface area contributed by atoms with E-state index in [-0.39, 0.29) is 0 Å². The largest absolute Gasteiger partial charge is 0.612 e. The van der Waals surface area contributed by atoms with Crippen LogP contribution in [0.1, 0.15) is 11.1 Å². The van der Waals surface area contributed by atoms with Crippen molar-refractivity contribution in [1.29, 1.82) is 0 Å². The molecule has 0 aliphatic heterocycles. The minimum Gasteiger partial charge on any atom is -0.612 e. The van der Waals surface area contributed by atoms with Crippen LogP contribution in [0.4, 0.5) is 0 Å². The smallest absolute Gasteiger partial charge is 0.135 e. The molecule has 1 nitrogen and oxygen atoms in total. The molecule has 1 unspecified atom stereocenters. The van der Waals surface area contributed by atoms with Gasteiger partial charge in [-0.15, -0.1) is 0 Å². The van der Waals surface area contributed by atoms with E-state index in [1.807, 2.05) is 54.6 Å². The van der Waals surface area contributed by atoms with Crippen LogP contribution in [0.15, 0.2) is 58.4 Å². The normalized spacial score (nSPS) is 12.8. The zero-order valence-electron chi connectivity index (χ0n) is 10.1. The first-order valence-electron chi connectivity index (χ1n) is 5.69. The standard InChI is InChI=1S/C15H12BrIOS/c16-14-5-1-12(2-6-14)9-10-19(18)11-13-3-7-15(17)8-4-13/h1-10H,11H2. The summed E-state index contributed by atoms with van der Waals surface area (Å²) in [4.78, 5) is 0. The van der Waals surface area contributed by atoms with Crippen molar-refractivity contribution in [2.24, 2.45) is 0 Å². The van der Waals surface area contributed by atoms with Crippen LogP contribution in [-0.2, 0) is 16.9 Å². The number of benzene rings is 2. The van der Waals surface area contributed by atoms with E-state index in [4.69, 9.17) is 0 Å². The van der Waals surface area contributed by atoms with Gasteiger partial charge in [0, 0.05) is 13.6 Å². The Morgan fingerprint density at radius 2 is 1.68 bits per heavy atom. The molecule has 0 radical (unpaired) electrons. The van der Waals surface area contributed by atoms with E-state index in [2.05, 4.69) is 38.5 Å². The van der Waals surface area contributed by atoms with E-state index in [1.165, 1.54) is 3.57 Å². The molecule has 0 bridgehead atoms. The maximum Gasteiger partial charge on any atom is 0.135 e. The van der Waals surface area contributed by atoms with Gasteiger partial charge < -0.3 is 4.55 Å². The van der Waals surface area contributed by atoms with Crippen LogP contribution in [0.3, 0.4) is 0 Å². The van der Waals surface area contributed by atoms with Gasteiger partial charge >= 0.3 is 0 Å². The zero-order valence-corrected chi connectivity index (χ0v) is 14.6. The Morgan fingerprint density at radius 1 is 1.05 bits per heavy atom. The highest BCUT2D eigenvalue weighted by Gasteiger charge is 2.03. The zero-order chi connectivity index (χ0) is 13.7. The van der Waals surface area contributed by atoms with Gasteiger partial charge in [0.1, 0.15) is 11.2 Å². The van der Waals surface area contributed by atoms with Gasteiger partial charge in [-0.3, -0.25) is 0 Å². The summed E-state index contributed by atoms with van der Waals surface area (Å²) in [5.41, 5.74) is 2.15. The first kappa shape index (κ1) is 15.1. The fraction of sp³-hybridized carbons (Fsp3) is 0.0667. The van der Waals surface area contributed by atoms with Crippen molar-refractivity contribution in [3.8, 4) is 0 Å². The Hall–Kier alpha value is -0.300. The molecule has 0 aliphatic rings. The van der Waals surface area contributed by atoms with Crippen molar-refractivity contribution in [2.45, 2.75) is 5.75 Å². The molecule has 0 saturated heterocycles. The third-order valence-corrected chi connectivity index (χ3v) is 4.81.